The number of anilines is 1. The van der Waals surface area contributed by atoms with Crippen molar-refractivity contribution >= 4 is 17.6 Å². The highest BCUT2D eigenvalue weighted by atomic mass is 16.5. The summed E-state index contributed by atoms with van der Waals surface area (Å²) < 4.78 is 5.48. The molecular weight excluding hydrogens is 318 g/mol. The minimum Gasteiger partial charge on any atom is -0.376 e. The highest BCUT2D eigenvalue weighted by molar-refractivity contribution is 5.95. The number of hydrogen-bond donors (Lipinski definition) is 2. The fourth-order valence-corrected chi connectivity index (χ4v) is 3.34. The zero-order chi connectivity index (χ0) is 17.5. The van der Waals surface area contributed by atoms with Crippen LogP contribution < -0.4 is 10.6 Å². The molecule has 1 atom stereocenters. The van der Waals surface area contributed by atoms with Crippen LogP contribution in [-0.2, 0) is 4.74 Å². The molecule has 2 N–H and O–H groups in total. The predicted octanol–water partition coefficient (Wildman–Crippen LogP) is 3.00. The second-order valence-corrected chi connectivity index (χ2v) is 6.75. The van der Waals surface area contributed by atoms with Gasteiger partial charge in [0.1, 0.15) is 0 Å². The number of benzene rings is 1. The number of carbonyl (C=O) groups excluding carboxylic acids is 2. The van der Waals surface area contributed by atoms with E-state index in [4.69, 9.17) is 4.74 Å². The number of hydrogen-bond acceptors (Lipinski definition) is 3. The van der Waals surface area contributed by atoms with Crippen molar-refractivity contribution in [2.24, 2.45) is 0 Å². The first-order valence-electron chi connectivity index (χ1n) is 9.28. The molecule has 0 aliphatic carbocycles. The van der Waals surface area contributed by atoms with E-state index in [1.807, 2.05) is 4.90 Å². The Hall–Kier alpha value is -2.08. The van der Waals surface area contributed by atoms with Crippen LogP contribution in [-0.4, -0.2) is 49.2 Å². The van der Waals surface area contributed by atoms with Crippen LogP contribution in [0.15, 0.2) is 24.3 Å². The molecule has 0 radical (unpaired) electrons. The van der Waals surface area contributed by atoms with Gasteiger partial charge in [-0.1, -0.05) is 12.8 Å². The third-order valence-electron chi connectivity index (χ3n) is 4.80. The third-order valence-corrected chi connectivity index (χ3v) is 4.80. The monoisotopic (exact) mass is 345 g/mol. The van der Waals surface area contributed by atoms with Gasteiger partial charge in [-0.05, 0) is 49.9 Å². The molecule has 0 bridgehead atoms. The van der Waals surface area contributed by atoms with Gasteiger partial charge in [0.2, 0.25) is 0 Å². The lowest BCUT2D eigenvalue weighted by Crippen LogP contribution is -2.35. The molecule has 0 saturated carbocycles. The quantitative estimate of drug-likeness (QED) is 0.881. The molecule has 6 nitrogen and oxygen atoms in total. The summed E-state index contributed by atoms with van der Waals surface area (Å²) in [6.45, 7) is 2.98. The Morgan fingerprint density at radius 2 is 1.76 bits per heavy atom. The summed E-state index contributed by atoms with van der Waals surface area (Å²) in [5.41, 5.74) is 1.35. The van der Waals surface area contributed by atoms with E-state index in [2.05, 4.69) is 10.6 Å². The summed E-state index contributed by atoms with van der Waals surface area (Å²) in [5.74, 6) is 0.0799. The van der Waals surface area contributed by atoms with Crippen molar-refractivity contribution < 1.29 is 14.3 Å². The molecule has 1 unspecified atom stereocenters. The largest absolute Gasteiger partial charge is 0.376 e. The highest BCUT2D eigenvalue weighted by Crippen LogP contribution is 2.16. The van der Waals surface area contributed by atoms with Crippen LogP contribution in [0.5, 0.6) is 0 Å². The summed E-state index contributed by atoms with van der Waals surface area (Å²) in [7, 11) is 0. The van der Waals surface area contributed by atoms with Crippen LogP contribution in [0.4, 0.5) is 10.5 Å². The van der Waals surface area contributed by atoms with Crippen molar-refractivity contribution in [1.29, 1.82) is 0 Å². The number of carbonyl (C=O) groups is 2. The van der Waals surface area contributed by atoms with E-state index in [0.29, 0.717) is 17.8 Å². The molecule has 6 heteroatoms. The molecule has 136 valence electrons. The maximum Gasteiger partial charge on any atom is 0.319 e. The molecule has 3 amide bonds. The van der Waals surface area contributed by atoms with Crippen molar-refractivity contribution in [2.75, 3.05) is 31.6 Å². The number of ether oxygens (including phenoxy) is 1. The SMILES string of the molecule is O=C(NCC1CCCO1)Nc1ccc(C(=O)N2CCCCCC2)cc1. The molecule has 3 rings (SSSR count). The molecule has 25 heavy (non-hydrogen) atoms. The van der Waals surface area contributed by atoms with E-state index in [0.717, 1.165) is 45.4 Å². The normalized spacial score (nSPS) is 20.8. The Balaban J connectivity index is 1.49. The molecule has 0 aromatic heterocycles. The van der Waals surface area contributed by atoms with Crippen molar-refractivity contribution in [1.82, 2.24) is 10.2 Å². The fourth-order valence-electron chi connectivity index (χ4n) is 3.34. The minimum atomic E-state index is -0.248. The summed E-state index contributed by atoms with van der Waals surface area (Å²) in [6.07, 6.45) is 6.74. The molecule has 0 spiro atoms. The third kappa shape index (κ3) is 5.19. The molecule has 2 aliphatic heterocycles. The molecule has 2 aliphatic rings. The average molecular weight is 345 g/mol. The van der Waals surface area contributed by atoms with Crippen molar-refractivity contribution in [3.05, 3.63) is 29.8 Å². The predicted molar refractivity (Wildman–Crippen MR) is 96.8 cm³/mol. The van der Waals surface area contributed by atoms with Gasteiger partial charge in [-0.25, -0.2) is 4.79 Å². The van der Waals surface area contributed by atoms with Gasteiger partial charge in [0.05, 0.1) is 6.10 Å². The first-order valence-corrected chi connectivity index (χ1v) is 9.28. The maximum absolute atomic E-state index is 12.5. The number of amides is 3. The van der Waals surface area contributed by atoms with Crippen LogP contribution in [0.1, 0.15) is 48.9 Å². The van der Waals surface area contributed by atoms with Gasteiger partial charge in [-0.3, -0.25) is 4.79 Å². The summed E-state index contributed by atoms with van der Waals surface area (Å²) in [6, 6.07) is 6.86. The first-order chi connectivity index (χ1) is 12.2. The van der Waals surface area contributed by atoms with Gasteiger partial charge in [-0.2, -0.15) is 0 Å². The molecule has 2 fully saturated rings. The van der Waals surface area contributed by atoms with E-state index in [1.54, 1.807) is 24.3 Å². The second kappa shape index (κ2) is 8.85. The molecular formula is C19H27N3O3. The van der Waals surface area contributed by atoms with E-state index in [9.17, 15) is 9.59 Å². The summed E-state index contributed by atoms with van der Waals surface area (Å²) >= 11 is 0. The minimum absolute atomic E-state index is 0.0799. The Labute approximate surface area is 148 Å². The zero-order valence-corrected chi connectivity index (χ0v) is 14.6. The number of rotatable bonds is 4. The molecule has 2 heterocycles. The smallest absolute Gasteiger partial charge is 0.319 e. The summed E-state index contributed by atoms with van der Waals surface area (Å²) in [5, 5.41) is 5.61. The van der Waals surface area contributed by atoms with Crippen LogP contribution in [0.3, 0.4) is 0 Å². The molecule has 1 aromatic rings. The van der Waals surface area contributed by atoms with E-state index in [-0.39, 0.29) is 18.0 Å². The lowest BCUT2D eigenvalue weighted by atomic mass is 10.1. The zero-order valence-electron chi connectivity index (χ0n) is 14.6. The lowest BCUT2D eigenvalue weighted by molar-refractivity contribution is 0.0761. The van der Waals surface area contributed by atoms with Gasteiger partial charge < -0.3 is 20.3 Å². The highest BCUT2D eigenvalue weighted by Gasteiger charge is 2.18. The van der Waals surface area contributed by atoms with Gasteiger partial charge in [0.25, 0.3) is 5.91 Å². The number of nitrogens with one attached hydrogen (secondary N) is 2. The summed E-state index contributed by atoms with van der Waals surface area (Å²) in [4.78, 5) is 26.4. The Morgan fingerprint density at radius 3 is 2.40 bits per heavy atom. The Bertz CT molecular complexity index is 574. The van der Waals surface area contributed by atoms with Crippen LogP contribution in [0.25, 0.3) is 0 Å². The Morgan fingerprint density at radius 1 is 1.04 bits per heavy atom. The maximum atomic E-state index is 12.5. The van der Waals surface area contributed by atoms with E-state index in [1.165, 1.54) is 12.8 Å². The standard InChI is InChI=1S/C19H27N3O3/c23-18(22-11-3-1-2-4-12-22)15-7-9-16(10-8-15)21-19(24)20-14-17-6-5-13-25-17/h7-10,17H,1-6,11-14H2,(H2,20,21,24). The van der Waals surface area contributed by atoms with E-state index >= 15 is 0 Å². The van der Waals surface area contributed by atoms with Crippen molar-refractivity contribution in [3.63, 3.8) is 0 Å². The molecule has 1 aromatic carbocycles. The average Bonchev–Trinajstić information content (AvgIpc) is 3.00. The first kappa shape index (κ1) is 17.7. The Kier molecular flexibility index (Phi) is 6.28. The second-order valence-electron chi connectivity index (χ2n) is 6.75. The molecule has 2 saturated heterocycles. The van der Waals surface area contributed by atoms with Gasteiger partial charge >= 0.3 is 6.03 Å². The van der Waals surface area contributed by atoms with Crippen molar-refractivity contribution in [2.45, 2.75) is 44.6 Å². The van der Waals surface area contributed by atoms with Crippen LogP contribution in [0.2, 0.25) is 0 Å². The van der Waals surface area contributed by atoms with Crippen LogP contribution in [0, 0.1) is 0 Å². The topological polar surface area (TPSA) is 70.7 Å². The van der Waals surface area contributed by atoms with E-state index < -0.39 is 0 Å². The van der Waals surface area contributed by atoms with Gasteiger partial charge in [-0.15, -0.1) is 0 Å². The fraction of sp³-hybridized carbons (Fsp3) is 0.579. The van der Waals surface area contributed by atoms with Gasteiger partial charge in [0.15, 0.2) is 0 Å². The van der Waals surface area contributed by atoms with Crippen molar-refractivity contribution in [3.8, 4) is 0 Å². The number of urea groups is 1. The van der Waals surface area contributed by atoms with Crippen LogP contribution >= 0.6 is 0 Å². The van der Waals surface area contributed by atoms with Gasteiger partial charge in [0, 0.05) is 37.5 Å². The number of nitrogens with zero attached hydrogens (tertiary/aromatic N) is 1. The lowest BCUT2D eigenvalue weighted by Gasteiger charge is -2.20. The number of likely N-dealkylation sites (tertiary alicyclic amines) is 1.